The maximum absolute atomic E-state index is 11.7. The van der Waals surface area contributed by atoms with Gasteiger partial charge in [0.2, 0.25) is 0 Å². The molecule has 2 N–H and O–H groups in total. The quantitative estimate of drug-likeness (QED) is 0.782. The molecule has 0 spiro atoms. The number of carbonyl (C=O) groups is 1. The van der Waals surface area contributed by atoms with Crippen LogP contribution < -0.4 is 15.2 Å². The van der Waals surface area contributed by atoms with E-state index >= 15 is 0 Å². The SMILES string of the molecule is COCc1ccc(C(=O)CN)c2c1OCCO2. The first-order valence-electron chi connectivity index (χ1n) is 5.41. The molecule has 1 aliphatic heterocycles. The van der Waals surface area contributed by atoms with Gasteiger partial charge in [0.25, 0.3) is 0 Å². The predicted octanol–water partition coefficient (Wildman–Crippen LogP) is 0.746. The number of ether oxygens (including phenoxy) is 3. The highest BCUT2D eigenvalue weighted by Gasteiger charge is 2.22. The molecule has 0 unspecified atom stereocenters. The summed E-state index contributed by atoms with van der Waals surface area (Å²) in [6.45, 7) is 1.29. The molecule has 0 aliphatic carbocycles. The number of nitrogens with two attached hydrogens (primary N) is 1. The Balaban J connectivity index is 2.47. The van der Waals surface area contributed by atoms with Gasteiger partial charge in [-0.15, -0.1) is 0 Å². The van der Waals surface area contributed by atoms with Crippen molar-refractivity contribution in [3.8, 4) is 11.5 Å². The number of Topliss-reactive ketones (excluding diaryl/α,β-unsaturated/α-hetero) is 1. The standard InChI is InChI=1S/C12H15NO4/c1-15-7-8-2-3-9(10(14)6-13)12-11(8)16-4-5-17-12/h2-3H,4-7,13H2,1H3. The van der Waals surface area contributed by atoms with E-state index in [9.17, 15) is 4.79 Å². The molecule has 0 fully saturated rings. The minimum absolute atomic E-state index is 0.0422. The summed E-state index contributed by atoms with van der Waals surface area (Å²) in [6, 6.07) is 3.51. The first-order valence-corrected chi connectivity index (χ1v) is 5.41. The third-order valence-corrected chi connectivity index (χ3v) is 2.56. The van der Waals surface area contributed by atoms with Crippen molar-refractivity contribution in [2.75, 3.05) is 26.9 Å². The molecule has 1 aromatic carbocycles. The highest BCUT2D eigenvalue weighted by molar-refractivity contribution is 6.01. The normalized spacial score (nSPS) is 13.5. The number of carbonyl (C=O) groups excluding carboxylic acids is 1. The van der Waals surface area contributed by atoms with E-state index in [-0.39, 0.29) is 12.3 Å². The largest absolute Gasteiger partial charge is 0.486 e. The first kappa shape index (κ1) is 11.9. The topological polar surface area (TPSA) is 70.8 Å². The van der Waals surface area contributed by atoms with Crippen molar-refractivity contribution in [3.05, 3.63) is 23.3 Å². The maximum Gasteiger partial charge on any atom is 0.180 e. The summed E-state index contributed by atoms with van der Waals surface area (Å²) in [4.78, 5) is 11.7. The lowest BCUT2D eigenvalue weighted by Gasteiger charge is -2.23. The molecular weight excluding hydrogens is 222 g/mol. The molecule has 0 radical (unpaired) electrons. The van der Waals surface area contributed by atoms with Crippen molar-refractivity contribution < 1.29 is 19.0 Å². The van der Waals surface area contributed by atoms with Crippen LogP contribution in [0.1, 0.15) is 15.9 Å². The monoisotopic (exact) mass is 237 g/mol. The summed E-state index contributed by atoms with van der Waals surface area (Å²) in [7, 11) is 1.61. The number of hydrogen-bond donors (Lipinski definition) is 1. The maximum atomic E-state index is 11.7. The van der Waals surface area contributed by atoms with Crippen molar-refractivity contribution in [2.45, 2.75) is 6.61 Å². The Hall–Kier alpha value is -1.59. The molecule has 1 heterocycles. The molecule has 0 bridgehead atoms. The molecule has 5 heteroatoms. The molecule has 1 aromatic rings. The first-order chi connectivity index (χ1) is 8.27. The van der Waals surface area contributed by atoms with Crippen LogP contribution in [0.25, 0.3) is 0 Å². The van der Waals surface area contributed by atoms with E-state index in [1.807, 2.05) is 0 Å². The van der Waals surface area contributed by atoms with Gasteiger partial charge in [0.15, 0.2) is 17.3 Å². The van der Waals surface area contributed by atoms with Crippen molar-refractivity contribution in [1.29, 1.82) is 0 Å². The summed E-state index contributed by atoms with van der Waals surface area (Å²) < 4.78 is 16.1. The smallest absolute Gasteiger partial charge is 0.180 e. The summed E-state index contributed by atoms with van der Waals surface area (Å²) >= 11 is 0. The lowest BCUT2D eigenvalue weighted by molar-refractivity contribution is 0.0988. The Morgan fingerprint density at radius 1 is 1.35 bits per heavy atom. The highest BCUT2D eigenvalue weighted by Crippen LogP contribution is 2.37. The van der Waals surface area contributed by atoms with Crippen LogP contribution in [-0.4, -0.2) is 32.7 Å². The fraction of sp³-hybridized carbons (Fsp3) is 0.417. The Labute approximate surface area is 99.5 Å². The summed E-state index contributed by atoms with van der Waals surface area (Å²) in [5, 5.41) is 0. The van der Waals surface area contributed by atoms with Crippen LogP contribution in [0.3, 0.4) is 0 Å². The number of hydrogen-bond acceptors (Lipinski definition) is 5. The van der Waals surface area contributed by atoms with Gasteiger partial charge >= 0.3 is 0 Å². The molecule has 0 saturated carbocycles. The summed E-state index contributed by atoms with van der Waals surface area (Å²) in [6.07, 6.45) is 0. The van der Waals surface area contributed by atoms with E-state index in [1.54, 1.807) is 19.2 Å². The average molecular weight is 237 g/mol. The fourth-order valence-corrected chi connectivity index (χ4v) is 1.79. The number of benzene rings is 1. The van der Waals surface area contributed by atoms with Crippen LogP contribution in [-0.2, 0) is 11.3 Å². The van der Waals surface area contributed by atoms with Gasteiger partial charge in [-0.2, -0.15) is 0 Å². The molecule has 0 aromatic heterocycles. The zero-order chi connectivity index (χ0) is 12.3. The fourth-order valence-electron chi connectivity index (χ4n) is 1.79. The molecular formula is C12H15NO4. The molecule has 0 atom stereocenters. The van der Waals surface area contributed by atoms with Crippen LogP contribution in [0.5, 0.6) is 11.5 Å². The Morgan fingerprint density at radius 2 is 2.06 bits per heavy atom. The van der Waals surface area contributed by atoms with Gasteiger partial charge in [-0.25, -0.2) is 0 Å². The van der Waals surface area contributed by atoms with E-state index in [1.165, 1.54) is 0 Å². The van der Waals surface area contributed by atoms with E-state index < -0.39 is 0 Å². The Bertz CT molecular complexity index is 431. The molecule has 1 aliphatic rings. The average Bonchev–Trinajstić information content (AvgIpc) is 2.38. The van der Waals surface area contributed by atoms with E-state index in [0.717, 1.165) is 5.56 Å². The highest BCUT2D eigenvalue weighted by atomic mass is 16.6. The number of methoxy groups -OCH3 is 1. The van der Waals surface area contributed by atoms with E-state index in [4.69, 9.17) is 19.9 Å². The van der Waals surface area contributed by atoms with Gasteiger partial charge in [0.1, 0.15) is 13.2 Å². The molecule has 0 amide bonds. The van der Waals surface area contributed by atoms with Crippen molar-refractivity contribution in [1.82, 2.24) is 0 Å². The summed E-state index contributed by atoms with van der Waals surface area (Å²) in [5.74, 6) is 0.925. The third-order valence-electron chi connectivity index (χ3n) is 2.56. The van der Waals surface area contributed by atoms with Gasteiger partial charge in [-0.05, 0) is 6.07 Å². The summed E-state index contributed by atoms with van der Waals surface area (Å²) in [5.41, 5.74) is 6.71. The molecule has 92 valence electrons. The lowest BCUT2D eigenvalue weighted by Crippen LogP contribution is -2.21. The van der Waals surface area contributed by atoms with E-state index in [0.29, 0.717) is 36.9 Å². The van der Waals surface area contributed by atoms with Crippen LogP contribution >= 0.6 is 0 Å². The van der Waals surface area contributed by atoms with Crippen molar-refractivity contribution in [2.24, 2.45) is 5.73 Å². The number of fused-ring (bicyclic) bond motifs is 1. The second kappa shape index (κ2) is 5.16. The second-order valence-electron chi connectivity index (χ2n) is 3.69. The Morgan fingerprint density at radius 3 is 2.71 bits per heavy atom. The number of ketones is 1. The zero-order valence-corrected chi connectivity index (χ0v) is 9.69. The van der Waals surface area contributed by atoms with Crippen molar-refractivity contribution >= 4 is 5.78 Å². The van der Waals surface area contributed by atoms with E-state index in [2.05, 4.69) is 0 Å². The molecule has 5 nitrogen and oxygen atoms in total. The van der Waals surface area contributed by atoms with Gasteiger partial charge in [-0.3, -0.25) is 4.79 Å². The van der Waals surface area contributed by atoms with Gasteiger partial charge in [-0.1, -0.05) is 6.07 Å². The number of rotatable bonds is 4. The second-order valence-corrected chi connectivity index (χ2v) is 3.69. The van der Waals surface area contributed by atoms with Crippen LogP contribution in [0.4, 0.5) is 0 Å². The third kappa shape index (κ3) is 2.25. The Kier molecular flexibility index (Phi) is 3.61. The van der Waals surface area contributed by atoms with Gasteiger partial charge in [0, 0.05) is 12.7 Å². The van der Waals surface area contributed by atoms with Gasteiger partial charge in [0.05, 0.1) is 18.7 Å². The molecule has 17 heavy (non-hydrogen) atoms. The predicted molar refractivity (Wildman–Crippen MR) is 61.5 cm³/mol. The molecule has 0 saturated heterocycles. The van der Waals surface area contributed by atoms with Crippen LogP contribution in [0.15, 0.2) is 12.1 Å². The minimum Gasteiger partial charge on any atom is -0.486 e. The zero-order valence-electron chi connectivity index (χ0n) is 9.69. The molecule has 2 rings (SSSR count). The van der Waals surface area contributed by atoms with Crippen LogP contribution in [0, 0.1) is 0 Å². The van der Waals surface area contributed by atoms with Gasteiger partial charge < -0.3 is 19.9 Å². The minimum atomic E-state index is -0.157. The van der Waals surface area contributed by atoms with Crippen LogP contribution in [0.2, 0.25) is 0 Å². The van der Waals surface area contributed by atoms with Crippen molar-refractivity contribution in [3.63, 3.8) is 0 Å². The lowest BCUT2D eigenvalue weighted by atomic mass is 10.0.